The molecule has 2 rings (SSSR count). The number of aryl methyl sites for hydroxylation is 1. The normalized spacial score (nSPS) is 10.4. The minimum atomic E-state index is 1.04. The molecule has 0 radical (unpaired) electrons. The van der Waals surface area contributed by atoms with Crippen molar-refractivity contribution in [1.82, 2.24) is 10.3 Å². The van der Waals surface area contributed by atoms with E-state index in [1.54, 1.807) is 0 Å². The summed E-state index contributed by atoms with van der Waals surface area (Å²) in [7, 11) is 0. The second-order valence-electron chi connectivity index (χ2n) is 4.44. The van der Waals surface area contributed by atoms with Crippen molar-refractivity contribution in [1.29, 1.82) is 0 Å². The zero-order chi connectivity index (χ0) is 12.5. The number of rotatable bonds is 7. The molecule has 2 aromatic rings. The van der Waals surface area contributed by atoms with Crippen LogP contribution in [0, 0.1) is 0 Å². The molecule has 0 bridgehead atoms. The lowest BCUT2D eigenvalue weighted by molar-refractivity contribution is 0.647. The van der Waals surface area contributed by atoms with Crippen LogP contribution in [-0.4, -0.2) is 18.1 Å². The first-order chi connectivity index (χ1) is 8.95. The SMILES string of the molecule is c1ccc(CCCNCCc2ccncc2)cc1. The monoisotopic (exact) mass is 240 g/mol. The fourth-order valence-electron chi connectivity index (χ4n) is 1.97. The summed E-state index contributed by atoms with van der Waals surface area (Å²) in [5.41, 5.74) is 2.77. The van der Waals surface area contributed by atoms with Gasteiger partial charge in [0.15, 0.2) is 0 Å². The largest absolute Gasteiger partial charge is 0.316 e. The average Bonchev–Trinajstić information content (AvgIpc) is 2.45. The van der Waals surface area contributed by atoms with Gasteiger partial charge in [0, 0.05) is 12.4 Å². The standard InChI is InChI=1S/C16H20N2/c1-2-5-15(6-3-1)7-4-11-17-12-8-16-9-13-18-14-10-16/h1-3,5-6,9-10,13-14,17H,4,7-8,11-12H2. The van der Waals surface area contributed by atoms with E-state index in [2.05, 4.69) is 52.8 Å². The maximum Gasteiger partial charge on any atom is 0.0270 e. The highest BCUT2D eigenvalue weighted by Gasteiger charge is 1.93. The van der Waals surface area contributed by atoms with E-state index in [9.17, 15) is 0 Å². The van der Waals surface area contributed by atoms with E-state index in [0.717, 1.165) is 25.9 Å². The van der Waals surface area contributed by atoms with Crippen LogP contribution in [0.25, 0.3) is 0 Å². The quantitative estimate of drug-likeness (QED) is 0.753. The third kappa shape index (κ3) is 4.68. The Morgan fingerprint density at radius 1 is 0.778 bits per heavy atom. The van der Waals surface area contributed by atoms with Gasteiger partial charge >= 0.3 is 0 Å². The van der Waals surface area contributed by atoms with Crippen molar-refractivity contribution >= 4 is 0 Å². The fourth-order valence-corrected chi connectivity index (χ4v) is 1.97. The Morgan fingerprint density at radius 2 is 1.50 bits per heavy atom. The summed E-state index contributed by atoms with van der Waals surface area (Å²) in [5, 5.41) is 3.48. The predicted molar refractivity (Wildman–Crippen MR) is 75.6 cm³/mol. The molecule has 1 aromatic heterocycles. The maximum absolute atomic E-state index is 4.02. The minimum Gasteiger partial charge on any atom is -0.316 e. The van der Waals surface area contributed by atoms with E-state index in [4.69, 9.17) is 0 Å². The maximum atomic E-state index is 4.02. The van der Waals surface area contributed by atoms with E-state index < -0.39 is 0 Å². The molecule has 1 aromatic carbocycles. The Balaban J connectivity index is 1.54. The Hall–Kier alpha value is -1.67. The van der Waals surface area contributed by atoms with Gasteiger partial charge in [0.05, 0.1) is 0 Å². The fraction of sp³-hybridized carbons (Fsp3) is 0.312. The second-order valence-corrected chi connectivity index (χ2v) is 4.44. The number of hydrogen-bond acceptors (Lipinski definition) is 2. The molecule has 0 atom stereocenters. The summed E-state index contributed by atoms with van der Waals surface area (Å²) in [6.07, 6.45) is 7.13. The zero-order valence-electron chi connectivity index (χ0n) is 10.7. The van der Waals surface area contributed by atoms with Gasteiger partial charge in [0.1, 0.15) is 0 Å². The van der Waals surface area contributed by atoms with E-state index in [0.29, 0.717) is 0 Å². The molecule has 1 heterocycles. The molecule has 0 spiro atoms. The third-order valence-electron chi connectivity index (χ3n) is 3.00. The van der Waals surface area contributed by atoms with Gasteiger partial charge in [-0.1, -0.05) is 30.3 Å². The Kier molecular flexibility index (Phi) is 5.41. The van der Waals surface area contributed by atoms with Crippen molar-refractivity contribution in [3.63, 3.8) is 0 Å². The first kappa shape index (κ1) is 12.8. The second kappa shape index (κ2) is 7.62. The van der Waals surface area contributed by atoms with Gasteiger partial charge < -0.3 is 5.32 Å². The average molecular weight is 240 g/mol. The Labute approximate surface area is 109 Å². The van der Waals surface area contributed by atoms with Crippen LogP contribution in [0.15, 0.2) is 54.9 Å². The van der Waals surface area contributed by atoms with Gasteiger partial charge in [-0.15, -0.1) is 0 Å². The topological polar surface area (TPSA) is 24.9 Å². The third-order valence-corrected chi connectivity index (χ3v) is 3.00. The lowest BCUT2D eigenvalue weighted by Gasteiger charge is -2.05. The van der Waals surface area contributed by atoms with Gasteiger partial charge in [0.2, 0.25) is 0 Å². The summed E-state index contributed by atoms with van der Waals surface area (Å²) in [4.78, 5) is 4.02. The molecule has 0 fully saturated rings. The van der Waals surface area contributed by atoms with Crippen LogP contribution in [-0.2, 0) is 12.8 Å². The van der Waals surface area contributed by atoms with Crippen molar-refractivity contribution in [3.8, 4) is 0 Å². The zero-order valence-corrected chi connectivity index (χ0v) is 10.7. The molecule has 1 N–H and O–H groups in total. The first-order valence-corrected chi connectivity index (χ1v) is 6.59. The molecule has 0 amide bonds. The van der Waals surface area contributed by atoms with E-state index >= 15 is 0 Å². The van der Waals surface area contributed by atoms with Gasteiger partial charge in [-0.25, -0.2) is 0 Å². The lowest BCUT2D eigenvalue weighted by atomic mass is 10.1. The molecular weight excluding hydrogens is 220 g/mol. The van der Waals surface area contributed by atoms with Crippen LogP contribution in [0.1, 0.15) is 17.5 Å². The van der Waals surface area contributed by atoms with Crippen molar-refractivity contribution in [2.45, 2.75) is 19.3 Å². The molecule has 0 aliphatic rings. The van der Waals surface area contributed by atoms with Crippen LogP contribution in [0.4, 0.5) is 0 Å². The Bertz CT molecular complexity index is 382. The summed E-state index contributed by atoms with van der Waals surface area (Å²) in [6, 6.07) is 14.8. The molecule has 0 saturated heterocycles. The van der Waals surface area contributed by atoms with Crippen LogP contribution in [0.2, 0.25) is 0 Å². The molecule has 18 heavy (non-hydrogen) atoms. The summed E-state index contributed by atoms with van der Waals surface area (Å²) in [6.45, 7) is 2.12. The Morgan fingerprint density at radius 3 is 2.28 bits per heavy atom. The molecule has 0 aliphatic carbocycles. The molecule has 0 saturated carbocycles. The first-order valence-electron chi connectivity index (χ1n) is 6.59. The highest BCUT2D eigenvalue weighted by molar-refractivity contribution is 5.14. The van der Waals surface area contributed by atoms with E-state index in [-0.39, 0.29) is 0 Å². The number of benzene rings is 1. The molecule has 2 heteroatoms. The number of aromatic nitrogens is 1. The number of nitrogens with zero attached hydrogens (tertiary/aromatic N) is 1. The minimum absolute atomic E-state index is 1.04. The van der Waals surface area contributed by atoms with Crippen molar-refractivity contribution < 1.29 is 0 Å². The highest BCUT2D eigenvalue weighted by atomic mass is 14.8. The van der Waals surface area contributed by atoms with E-state index in [1.165, 1.54) is 17.5 Å². The van der Waals surface area contributed by atoms with Gasteiger partial charge in [-0.05, 0) is 55.6 Å². The van der Waals surface area contributed by atoms with Crippen molar-refractivity contribution in [2.75, 3.05) is 13.1 Å². The smallest absolute Gasteiger partial charge is 0.0270 e. The van der Waals surface area contributed by atoms with Crippen LogP contribution in [0.3, 0.4) is 0 Å². The molecule has 2 nitrogen and oxygen atoms in total. The lowest BCUT2D eigenvalue weighted by Crippen LogP contribution is -2.19. The summed E-state index contributed by atoms with van der Waals surface area (Å²) in [5.74, 6) is 0. The van der Waals surface area contributed by atoms with Gasteiger partial charge in [0.25, 0.3) is 0 Å². The number of hydrogen-bond donors (Lipinski definition) is 1. The highest BCUT2D eigenvalue weighted by Crippen LogP contribution is 2.01. The molecular formula is C16H20N2. The van der Waals surface area contributed by atoms with Crippen molar-refractivity contribution in [3.05, 3.63) is 66.0 Å². The van der Waals surface area contributed by atoms with Gasteiger partial charge in [-0.3, -0.25) is 4.98 Å². The molecule has 0 aliphatic heterocycles. The summed E-state index contributed by atoms with van der Waals surface area (Å²) >= 11 is 0. The van der Waals surface area contributed by atoms with Crippen molar-refractivity contribution in [2.24, 2.45) is 0 Å². The van der Waals surface area contributed by atoms with Crippen LogP contribution < -0.4 is 5.32 Å². The van der Waals surface area contributed by atoms with E-state index in [1.807, 2.05) is 12.4 Å². The molecule has 0 unspecified atom stereocenters. The van der Waals surface area contributed by atoms with Crippen LogP contribution in [0.5, 0.6) is 0 Å². The van der Waals surface area contributed by atoms with Gasteiger partial charge in [-0.2, -0.15) is 0 Å². The van der Waals surface area contributed by atoms with Crippen LogP contribution >= 0.6 is 0 Å². The number of nitrogens with one attached hydrogen (secondary N) is 1. The predicted octanol–water partition coefficient (Wildman–Crippen LogP) is 2.85. The number of pyridine rings is 1. The summed E-state index contributed by atoms with van der Waals surface area (Å²) < 4.78 is 0. The molecule has 94 valence electrons.